The van der Waals surface area contributed by atoms with Gasteiger partial charge in [0, 0.05) is 11.6 Å². The highest BCUT2D eigenvalue weighted by atomic mass is 32.2. The van der Waals surface area contributed by atoms with Crippen LogP contribution in [-0.4, -0.2) is 16.2 Å². The number of nitriles is 1. The zero-order chi connectivity index (χ0) is 17.8. The molecule has 25 heavy (non-hydrogen) atoms. The average Bonchev–Trinajstić information content (AvgIpc) is 2.62. The first-order chi connectivity index (χ1) is 12.1. The van der Waals surface area contributed by atoms with Crippen molar-refractivity contribution in [3.8, 4) is 28.8 Å². The lowest BCUT2D eigenvalue weighted by Gasteiger charge is -2.12. The molecule has 0 unspecified atom stereocenters. The summed E-state index contributed by atoms with van der Waals surface area (Å²) in [7, 11) is 0. The molecule has 0 saturated carbocycles. The standard InChI is InChI=1S/C18H12FN3O2S/c1-25-18-21-16(14(10-20)17(23)22-18)13-8-7-11(19)9-15(13)24-12-5-3-2-4-6-12/h2-9H,1H3,(H,21,22,23). The molecule has 0 amide bonds. The van der Waals surface area contributed by atoms with Crippen molar-refractivity contribution in [2.24, 2.45) is 0 Å². The van der Waals surface area contributed by atoms with Gasteiger partial charge < -0.3 is 9.72 Å². The molecule has 0 bridgehead atoms. The molecular formula is C18H12FN3O2S. The van der Waals surface area contributed by atoms with Gasteiger partial charge in [0.05, 0.1) is 0 Å². The summed E-state index contributed by atoms with van der Waals surface area (Å²) in [5.41, 5.74) is -0.182. The Morgan fingerprint density at radius 3 is 2.68 bits per heavy atom. The van der Waals surface area contributed by atoms with E-state index in [0.717, 1.165) is 0 Å². The van der Waals surface area contributed by atoms with Crippen LogP contribution < -0.4 is 10.3 Å². The topological polar surface area (TPSA) is 78.8 Å². The molecule has 0 aliphatic carbocycles. The molecule has 0 fully saturated rings. The van der Waals surface area contributed by atoms with Gasteiger partial charge in [-0.3, -0.25) is 4.79 Å². The first-order valence-corrected chi connectivity index (χ1v) is 8.46. The maximum atomic E-state index is 13.7. The van der Waals surface area contributed by atoms with Gasteiger partial charge in [0.1, 0.15) is 34.6 Å². The summed E-state index contributed by atoms with van der Waals surface area (Å²) in [5.74, 6) is 0.179. The van der Waals surface area contributed by atoms with Gasteiger partial charge in [0.2, 0.25) is 0 Å². The summed E-state index contributed by atoms with van der Waals surface area (Å²) in [5, 5.41) is 9.68. The fourth-order valence-corrected chi connectivity index (χ4v) is 2.62. The number of benzene rings is 2. The smallest absolute Gasteiger partial charge is 0.270 e. The van der Waals surface area contributed by atoms with Crippen LogP contribution in [0.1, 0.15) is 5.56 Å². The first kappa shape index (κ1) is 16.7. The molecule has 1 heterocycles. The van der Waals surface area contributed by atoms with E-state index >= 15 is 0 Å². The molecule has 5 nitrogen and oxygen atoms in total. The lowest BCUT2D eigenvalue weighted by molar-refractivity contribution is 0.478. The van der Waals surface area contributed by atoms with Crippen LogP contribution in [0.25, 0.3) is 11.3 Å². The fraction of sp³-hybridized carbons (Fsp3) is 0.0556. The molecular weight excluding hydrogens is 341 g/mol. The minimum atomic E-state index is -0.549. The van der Waals surface area contributed by atoms with Crippen LogP contribution in [0.2, 0.25) is 0 Å². The molecule has 0 radical (unpaired) electrons. The van der Waals surface area contributed by atoms with Crippen LogP contribution in [-0.2, 0) is 0 Å². The number of hydrogen-bond acceptors (Lipinski definition) is 5. The average molecular weight is 353 g/mol. The number of hydrogen-bond donors (Lipinski definition) is 1. The van der Waals surface area contributed by atoms with Crippen molar-refractivity contribution in [3.05, 3.63) is 70.3 Å². The second kappa shape index (κ2) is 7.20. The van der Waals surface area contributed by atoms with Gasteiger partial charge in [-0.2, -0.15) is 5.26 Å². The van der Waals surface area contributed by atoms with E-state index in [-0.39, 0.29) is 17.0 Å². The van der Waals surface area contributed by atoms with Gasteiger partial charge in [0.15, 0.2) is 5.16 Å². The van der Waals surface area contributed by atoms with Crippen molar-refractivity contribution in [3.63, 3.8) is 0 Å². The van der Waals surface area contributed by atoms with Crippen LogP contribution in [0.4, 0.5) is 4.39 Å². The Morgan fingerprint density at radius 2 is 2.00 bits per heavy atom. The zero-order valence-electron chi connectivity index (χ0n) is 13.1. The number of H-pyrrole nitrogens is 1. The highest BCUT2D eigenvalue weighted by Crippen LogP contribution is 2.34. The Kier molecular flexibility index (Phi) is 4.82. The van der Waals surface area contributed by atoms with Crippen LogP contribution >= 0.6 is 11.8 Å². The predicted molar refractivity (Wildman–Crippen MR) is 93.3 cm³/mol. The quantitative estimate of drug-likeness (QED) is 0.567. The van der Waals surface area contributed by atoms with Crippen LogP contribution in [0.5, 0.6) is 11.5 Å². The molecule has 3 rings (SSSR count). The second-order valence-electron chi connectivity index (χ2n) is 4.97. The number of nitrogens with zero attached hydrogens (tertiary/aromatic N) is 2. The summed E-state index contributed by atoms with van der Waals surface area (Å²) in [4.78, 5) is 18.9. The molecule has 0 atom stereocenters. The number of rotatable bonds is 4. The molecule has 1 N–H and O–H groups in total. The molecule has 3 aromatic rings. The fourth-order valence-electron chi connectivity index (χ4n) is 2.24. The highest BCUT2D eigenvalue weighted by molar-refractivity contribution is 7.98. The Labute approximate surface area is 147 Å². The van der Waals surface area contributed by atoms with E-state index in [4.69, 9.17) is 4.74 Å². The molecule has 1 aromatic heterocycles. The normalized spacial score (nSPS) is 10.3. The molecule has 0 aliphatic rings. The summed E-state index contributed by atoms with van der Waals surface area (Å²) in [6, 6.07) is 14.6. The monoisotopic (exact) mass is 353 g/mol. The Hall–Kier alpha value is -3.11. The van der Waals surface area contributed by atoms with E-state index in [1.165, 1.54) is 30.0 Å². The predicted octanol–water partition coefficient (Wildman–Crippen LogP) is 3.96. The van der Waals surface area contributed by atoms with E-state index in [0.29, 0.717) is 16.5 Å². The van der Waals surface area contributed by atoms with E-state index in [1.54, 1.807) is 30.5 Å². The van der Waals surface area contributed by atoms with Gasteiger partial charge in [0.25, 0.3) is 5.56 Å². The summed E-state index contributed by atoms with van der Waals surface area (Å²) < 4.78 is 19.5. The number of ether oxygens (including phenoxy) is 1. The molecule has 0 spiro atoms. The third-order valence-electron chi connectivity index (χ3n) is 3.37. The van der Waals surface area contributed by atoms with Gasteiger partial charge >= 0.3 is 0 Å². The van der Waals surface area contributed by atoms with Crippen molar-refractivity contribution in [2.75, 3.05) is 6.26 Å². The summed E-state index contributed by atoms with van der Waals surface area (Å²) in [6.07, 6.45) is 1.75. The molecule has 124 valence electrons. The van der Waals surface area contributed by atoms with Crippen molar-refractivity contribution >= 4 is 11.8 Å². The van der Waals surface area contributed by atoms with E-state index < -0.39 is 11.4 Å². The van der Waals surface area contributed by atoms with E-state index in [2.05, 4.69) is 9.97 Å². The van der Waals surface area contributed by atoms with Crippen LogP contribution in [0.15, 0.2) is 58.5 Å². The zero-order valence-corrected chi connectivity index (χ0v) is 13.9. The van der Waals surface area contributed by atoms with Crippen molar-refractivity contribution in [1.82, 2.24) is 9.97 Å². The second-order valence-corrected chi connectivity index (χ2v) is 5.76. The number of nitrogens with one attached hydrogen (secondary N) is 1. The number of thioether (sulfide) groups is 1. The minimum Gasteiger partial charge on any atom is -0.457 e. The Balaban J connectivity index is 2.20. The van der Waals surface area contributed by atoms with Crippen molar-refractivity contribution in [1.29, 1.82) is 5.26 Å². The van der Waals surface area contributed by atoms with Crippen LogP contribution in [0.3, 0.4) is 0 Å². The molecule has 0 aliphatic heterocycles. The Bertz CT molecular complexity index is 1010. The number of halogens is 1. The third-order valence-corrected chi connectivity index (χ3v) is 3.95. The number of aromatic nitrogens is 2. The maximum absolute atomic E-state index is 13.7. The maximum Gasteiger partial charge on any atom is 0.270 e. The van der Waals surface area contributed by atoms with Crippen molar-refractivity contribution in [2.45, 2.75) is 5.16 Å². The molecule has 0 saturated heterocycles. The van der Waals surface area contributed by atoms with E-state index in [1.807, 2.05) is 12.1 Å². The lowest BCUT2D eigenvalue weighted by atomic mass is 10.1. The summed E-state index contributed by atoms with van der Waals surface area (Å²) in [6.45, 7) is 0. The third kappa shape index (κ3) is 3.54. The SMILES string of the molecule is CSc1nc(-c2ccc(F)cc2Oc2ccccc2)c(C#N)c(=O)[nH]1. The highest BCUT2D eigenvalue weighted by Gasteiger charge is 2.18. The van der Waals surface area contributed by atoms with Gasteiger partial charge in [-0.1, -0.05) is 30.0 Å². The van der Waals surface area contributed by atoms with Crippen LogP contribution in [0, 0.1) is 17.1 Å². The molecule has 2 aromatic carbocycles. The largest absolute Gasteiger partial charge is 0.457 e. The van der Waals surface area contributed by atoms with Gasteiger partial charge in [-0.15, -0.1) is 0 Å². The van der Waals surface area contributed by atoms with E-state index in [9.17, 15) is 14.4 Å². The number of para-hydroxylation sites is 1. The molecule has 7 heteroatoms. The Morgan fingerprint density at radius 1 is 1.24 bits per heavy atom. The summed E-state index contributed by atoms with van der Waals surface area (Å²) >= 11 is 1.23. The van der Waals surface area contributed by atoms with Gasteiger partial charge in [-0.05, 0) is 30.5 Å². The first-order valence-electron chi connectivity index (χ1n) is 7.23. The number of aromatic amines is 1. The van der Waals surface area contributed by atoms with Gasteiger partial charge in [-0.25, -0.2) is 9.37 Å². The van der Waals surface area contributed by atoms with Crippen molar-refractivity contribution < 1.29 is 9.13 Å². The minimum absolute atomic E-state index is 0.151. The lowest BCUT2D eigenvalue weighted by Crippen LogP contribution is -2.14.